The minimum Gasteiger partial charge on any atom is -0.348 e. The first kappa shape index (κ1) is 21.5. The van der Waals surface area contributed by atoms with Crippen LogP contribution in [0.5, 0.6) is 0 Å². The molecular formula is C22H25BrN2O4. The van der Waals surface area contributed by atoms with Crippen LogP contribution < -0.4 is 5.32 Å². The van der Waals surface area contributed by atoms with E-state index in [-0.39, 0.29) is 18.2 Å². The van der Waals surface area contributed by atoms with Gasteiger partial charge in [-0.25, -0.2) is 0 Å². The molecule has 2 aromatic carbocycles. The molecular weight excluding hydrogens is 436 g/mol. The second-order valence-corrected chi connectivity index (χ2v) is 7.82. The van der Waals surface area contributed by atoms with Crippen molar-refractivity contribution in [2.24, 2.45) is 0 Å². The third-order valence-electron chi connectivity index (χ3n) is 4.71. The number of carbonyl (C=O) groups excluding carboxylic acids is 2. The average Bonchev–Trinajstić information content (AvgIpc) is 3.22. The Morgan fingerprint density at radius 1 is 1.10 bits per heavy atom. The van der Waals surface area contributed by atoms with Crippen LogP contribution in [0.4, 0.5) is 0 Å². The average molecular weight is 461 g/mol. The Labute approximate surface area is 179 Å². The summed E-state index contributed by atoms with van der Waals surface area (Å²) >= 11 is 3.46. The van der Waals surface area contributed by atoms with Crippen molar-refractivity contribution in [1.29, 1.82) is 0 Å². The molecule has 1 aliphatic rings. The number of amides is 2. The van der Waals surface area contributed by atoms with E-state index in [1.54, 1.807) is 11.9 Å². The third kappa shape index (κ3) is 6.39. The Hall–Kier alpha value is -2.22. The molecule has 29 heavy (non-hydrogen) atoms. The molecule has 1 fully saturated rings. The number of ether oxygens (including phenoxy) is 2. The maximum atomic E-state index is 13.1. The van der Waals surface area contributed by atoms with Crippen molar-refractivity contribution in [3.05, 3.63) is 70.2 Å². The van der Waals surface area contributed by atoms with Gasteiger partial charge in [0.25, 0.3) is 0 Å². The predicted molar refractivity (Wildman–Crippen MR) is 113 cm³/mol. The lowest BCUT2D eigenvalue weighted by atomic mass is 10.0. The van der Waals surface area contributed by atoms with Gasteiger partial charge in [-0.2, -0.15) is 0 Å². The monoisotopic (exact) mass is 460 g/mol. The lowest BCUT2D eigenvalue weighted by molar-refractivity contribution is -0.139. The molecule has 0 unspecified atom stereocenters. The number of carbonyl (C=O) groups is 2. The first-order valence-corrected chi connectivity index (χ1v) is 10.4. The number of benzene rings is 2. The smallest absolute Gasteiger partial charge is 0.245 e. The van der Waals surface area contributed by atoms with Gasteiger partial charge in [0.15, 0.2) is 6.29 Å². The number of likely N-dealkylation sites (N-methyl/N-ethyl adjacent to an activating group) is 1. The minimum absolute atomic E-state index is 0.173. The molecule has 3 rings (SSSR count). The lowest BCUT2D eigenvalue weighted by Crippen LogP contribution is -2.50. The van der Waals surface area contributed by atoms with Gasteiger partial charge < -0.3 is 19.7 Å². The number of rotatable bonds is 8. The van der Waals surface area contributed by atoms with Crippen LogP contribution in [0.15, 0.2) is 59.1 Å². The van der Waals surface area contributed by atoms with Gasteiger partial charge >= 0.3 is 0 Å². The molecule has 0 radical (unpaired) electrons. The molecule has 2 aromatic rings. The van der Waals surface area contributed by atoms with Gasteiger partial charge in [-0.3, -0.25) is 9.59 Å². The predicted octanol–water partition coefficient (Wildman–Crippen LogP) is 2.55. The van der Waals surface area contributed by atoms with E-state index in [9.17, 15) is 9.59 Å². The summed E-state index contributed by atoms with van der Waals surface area (Å²) in [6, 6.07) is 16.6. The summed E-state index contributed by atoms with van der Waals surface area (Å²) in [5.41, 5.74) is 1.85. The Morgan fingerprint density at radius 2 is 1.76 bits per heavy atom. The molecule has 1 saturated heterocycles. The van der Waals surface area contributed by atoms with Crippen LogP contribution in [-0.2, 0) is 31.9 Å². The van der Waals surface area contributed by atoms with Crippen molar-refractivity contribution in [2.75, 3.05) is 26.8 Å². The zero-order valence-corrected chi connectivity index (χ0v) is 17.9. The van der Waals surface area contributed by atoms with Crippen LogP contribution >= 0.6 is 15.9 Å². The Kier molecular flexibility index (Phi) is 7.80. The van der Waals surface area contributed by atoms with Crippen LogP contribution in [0, 0.1) is 0 Å². The van der Waals surface area contributed by atoms with E-state index >= 15 is 0 Å². The Balaban J connectivity index is 1.68. The normalized spacial score (nSPS) is 15.1. The van der Waals surface area contributed by atoms with Crippen molar-refractivity contribution < 1.29 is 19.1 Å². The van der Waals surface area contributed by atoms with Gasteiger partial charge in [0, 0.05) is 17.9 Å². The molecule has 1 aliphatic heterocycles. The molecule has 0 bridgehead atoms. The summed E-state index contributed by atoms with van der Waals surface area (Å²) in [5.74, 6) is -0.374. The van der Waals surface area contributed by atoms with Crippen molar-refractivity contribution in [2.45, 2.75) is 25.2 Å². The van der Waals surface area contributed by atoms with E-state index in [2.05, 4.69) is 21.2 Å². The Morgan fingerprint density at radius 3 is 2.45 bits per heavy atom. The maximum Gasteiger partial charge on any atom is 0.245 e. The molecule has 2 amide bonds. The first-order chi connectivity index (χ1) is 14.0. The number of hydrogen-bond acceptors (Lipinski definition) is 4. The van der Waals surface area contributed by atoms with Gasteiger partial charge in [-0.05, 0) is 17.2 Å². The SMILES string of the molecule is CN(CC1OCCO1)C(=O)[C@H](Cc1ccccc1)NC(=O)Cc1ccccc1Br. The van der Waals surface area contributed by atoms with E-state index in [4.69, 9.17) is 9.47 Å². The number of hydrogen-bond donors (Lipinski definition) is 1. The van der Waals surface area contributed by atoms with Crippen LogP contribution in [0.1, 0.15) is 11.1 Å². The molecule has 0 spiro atoms. The largest absolute Gasteiger partial charge is 0.348 e. The highest BCUT2D eigenvalue weighted by Crippen LogP contribution is 2.16. The van der Waals surface area contributed by atoms with Crippen LogP contribution in [0.3, 0.4) is 0 Å². The molecule has 0 aromatic heterocycles. The second-order valence-electron chi connectivity index (χ2n) is 6.97. The first-order valence-electron chi connectivity index (χ1n) is 9.58. The third-order valence-corrected chi connectivity index (χ3v) is 5.49. The van der Waals surface area contributed by atoms with Gasteiger partial charge in [-0.15, -0.1) is 0 Å². The van der Waals surface area contributed by atoms with Gasteiger partial charge in [0.1, 0.15) is 6.04 Å². The molecule has 1 atom stereocenters. The van der Waals surface area contributed by atoms with E-state index in [0.29, 0.717) is 26.2 Å². The van der Waals surface area contributed by atoms with Gasteiger partial charge in [-0.1, -0.05) is 64.5 Å². The topological polar surface area (TPSA) is 67.9 Å². The van der Waals surface area contributed by atoms with E-state index in [1.165, 1.54) is 0 Å². The van der Waals surface area contributed by atoms with Crippen molar-refractivity contribution in [1.82, 2.24) is 10.2 Å². The highest BCUT2D eigenvalue weighted by molar-refractivity contribution is 9.10. The second kappa shape index (κ2) is 10.5. The summed E-state index contributed by atoms with van der Waals surface area (Å²) in [6.45, 7) is 1.38. The maximum absolute atomic E-state index is 13.1. The fourth-order valence-electron chi connectivity index (χ4n) is 3.20. The van der Waals surface area contributed by atoms with Crippen LogP contribution in [-0.4, -0.2) is 55.9 Å². The molecule has 7 heteroatoms. The van der Waals surface area contributed by atoms with Gasteiger partial charge in [0.2, 0.25) is 11.8 Å². The van der Waals surface area contributed by atoms with E-state index in [0.717, 1.165) is 15.6 Å². The fourth-order valence-corrected chi connectivity index (χ4v) is 3.63. The molecule has 0 aliphatic carbocycles. The van der Waals surface area contributed by atoms with Crippen molar-refractivity contribution in [3.63, 3.8) is 0 Å². The van der Waals surface area contributed by atoms with E-state index in [1.807, 2.05) is 54.6 Å². The summed E-state index contributed by atoms with van der Waals surface area (Å²) in [4.78, 5) is 27.3. The number of nitrogens with one attached hydrogen (secondary N) is 1. The number of nitrogens with zero attached hydrogens (tertiary/aromatic N) is 1. The van der Waals surface area contributed by atoms with E-state index < -0.39 is 12.3 Å². The minimum atomic E-state index is -0.668. The zero-order chi connectivity index (χ0) is 20.6. The highest BCUT2D eigenvalue weighted by Gasteiger charge is 2.27. The highest BCUT2D eigenvalue weighted by atomic mass is 79.9. The number of halogens is 1. The van der Waals surface area contributed by atoms with Crippen LogP contribution in [0.2, 0.25) is 0 Å². The lowest BCUT2D eigenvalue weighted by Gasteiger charge is -2.26. The molecule has 6 nitrogen and oxygen atoms in total. The summed E-state index contributed by atoms with van der Waals surface area (Å²) in [6.07, 6.45) is 0.189. The van der Waals surface area contributed by atoms with Gasteiger partial charge in [0.05, 0.1) is 26.2 Å². The summed E-state index contributed by atoms with van der Waals surface area (Å²) in [7, 11) is 1.70. The molecule has 154 valence electrons. The molecule has 1 heterocycles. The summed E-state index contributed by atoms with van der Waals surface area (Å²) in [5, 5.41) is 2.91. The van der Waals surface area contributed by atoms with Crippen molar-refractivity contribution in [3.8, 4) is 0 Å². The van der Waals surface area contributed by atoms with Crippen molar-refractivity contribution >= 4 is 27.7 Å². The molecule has 0 saturated carbocycles. The standard InChI is InChI=1S/C22H25BrN2O4/c1-25(15-21-28-11-12-29-21)22(27)19(13-16-7-3-2-4-8-16)24-20(26)14-17-9-5-6-10-18(17)23/h2-10,19,21H,11-15H2,1H3,(H,24,26)/t19-/m0/s1. The fraction of sp³-hybridized carbons (Fsp3) is 0.364. The quantitative estimate of drug-likeness (QED) is 0.657. The zero-order valence-electron chi connectivity index (χ0n) is 16.3. The summed E-state index contributed by atoms with van der Waals surface area (Å²) < 4.78 is 11.7. The van der Waals surface area contributed by atoms with Crippen LogP contribution in [0.25, 0.3) is 0 Å². The Bertz CT molecular complexity index is 825. The molecule has 1 N–H and O–H groups in total.